The molecule has 4 nitrogen and oxygen atoms in total. The zero-order valence-corrected chi connectivity index (χ0v) is 12.2. The van der Waals surface area contributed by atoms with Crippen LogP contribution in [0.5, 0.6) is 0 Å². The summed E-state index contributed by atoms with van der Waals surface area (Å²) in [5, 5.41) is 1.76. The van der Waals surface area contributed by atoms with Crippen LogP contribution in [0.2, 0.25) is 0 Å². The number of carbonyl (C=O) groups is 2. The van der Waals surface area contributed by atoms with Crippen molar-refractivity contribution in [1.29, 1.82) is 0 Å². The molecular formula is C11H15BrN2O2S. The van der Waals surface area contributed by atoms with Crippen LogP contribution in [0.4, 0.5) is 0 Å². The Morgan fingerprint density at radius 2 is 2.18 bits per heavy atom. The number of hydrogen-bond donors (Lipinski definition) is 1. The monoisotopic (exact) mass is 318 g/mol. The van der Waals surface area contributed by atoms with Crippen molar-refractivity contribution in [3.8, 4) is 0 Å². The van der Waals surface area contributed by atoms with Gasteiger partial charge in [0.15, 0.2) is 0 Å². The van der Waals surface area contributed by atoms with E-state index in [9.17, 15) is 9.59 Å². The third kappa shape index (κ3) is 4.47. The highest BCUT2D eigenvalue weighted by Crippen LogP contribution is 2.22. The van der Waals surface area contributed by atoms with Gasteiger partial charge >= 0.3 is 0 Å². The molecular weight excluding hydrogens is 304 g/mol. The molecule has 0 atom stereocenters. The van der Waals surface area contributed by atoms with E-state index < -0.39 is 5.91 Å². The highest BCUT2D eigenvalue weighted by Gasteiger charge is 2.19. The highest BCUT2D eigenvalue weighted by atomic mass is 79.9. The second-order valence-corrected chi connectivity index (χ2v) is 6.48. The van der Waals surface area contributed by atoms with Crippen molar-refractivity contribution >= 4 is 39.1 Å². The molecule has 1 heterocycles. The van der Waals surface area contributed by atoms with Crippen LogP contribution in [0.25, 0.3) is 0 Å². The second kappa shape index (κ2) is 6.16. The van der Waals surface area contributed by atoms with Gasteiger partial charge in [0.2, 0.25) is 5.91 Å². The normalized spacial score (nSPS) is 10.6. The predicted octanol–water partition coefficient (Wildman–Crippen LogP) is 2.09. The van der Waals surface area contributed by atoms with E-state index in [0.29, 0.717) is 18.0 Å². The number of carbonyl (C=O) groups excluding carboxylic acids is 2. The van der Waals surface area contributed by atoms with Crippen LogP contribution in [-0.2, 0) is 4.79 Å². The molecule has 0 saturated heterocycles. The number of halogens is 1. The van der Waals surface area contributed by atoms with Gasteiger partial charge in [-0.15, -0.1) is 11.3 Å². The van der Waals surface area contributed by atoms with Gasteiger partial charge in [-0.2, -0.15) is 0 Å². The van der Waals surface area contributed by atoms with Gasteiger partial charge in [-0.3, -0.25) is 9.59 Å². The Bertz CT molecular complexity index is 417. The smallest absolute Gasteiger partial charge is 0.255 e. The molecule has 1 aromatic heterocycles. The van der Waals surface area contributed by atoms with Gasteiger partial charge in [0.05, 0.1) is 15.9 Å². The summed E-state index contributed by atoms with van der Waals surface area (Å²) < 4.78 is 0.893. The van der Waals surface area contributed by atoms with Gasteiger partial charge in [-0.25, -0.2) is 0 Å². The van der Waals surface area contributed by atoms with Crippen LogP contribution in [0.1, 0.15) is 24.2 Å². The van der Waals surface area contributed by atoms with E-state index in [1.54, 1.807) is 11.4 Å². The molecule has 2 amide bonds. The SMILES string of the molecule is CC(C)CN(CC(N)=O)C(=O)c1csc(Br)c1. The molecule has 0 aromatic carbocycles. The number of hydrogen-bond acceptors (Lipinski definition) is 3. The average molecular weight is 319 g/mol. The lowest BCUT2D eigenvalue weighted by molar-refractivity contribution is -0.118. The number of thiophene rings is 1. The first-order chi connectivity index (χ1) is 7.90. The summed E-state index contributed by atoms with van der Waals surface area (Å²) in [5.41, 5.74) is 5.74. The third-order valence-corrected chi connectivity index (χ3v) is 3.54. The summed E-state index contributed by atoms with van der Waals surface area (Å²) in [7, 11) is 0. The van der Waals surface area contributed by atoms with E-state index in [2.05, 4.69) is 15.9 Å². The van der Waals surface area contributed by atoms with Crippen LogP contribution in [0.15, 0.2) is 15.2 Å². The first kappa shape index (κ1) is 14.2. The summed E-state index contributed by atoms with van der Waals surface area (Å²) in [5.74, 6) is -0.354. The quantitative estimate of drug-likeness (QED) is 0.903. The lowest BCUT2D eigenvalue weighted by Crippen LogP contribution is -2.40. The van der Waals surface area contributed by atoms with Gasteiger partial charge < -0.3 is 10.6 Å². The van der Waals surface area contributed by atoms with Crippen molar-refractivity contribution in [2.24, 2.45) is 11.7 Å². The molecule has 2 N–H and O–H groups in total. The standard InChI is InChI=1S/C11H15BrN2O2S/c1-7(2)4-14(5-10(13)15)11(16)8-3-9(12)17-6-8/h3,6-7H,4-5H2,1-2H3,(H2,13,15). The summed E-state index contributed by atoms with van der Waals surface area (Å²) in [4.78, 5) is 24.6. The summed E-state index contributed by atoms with van der Waals surface area (Å²) in [6.07, 6.45) is 0. The highest BCUT2D eigenvalue weighted by molar-refractivity contribution is 9.11. The van der Waals surface area contributed by atoms with Gasteiger partial charge in [0, 0.05) is 11.9 Å². The van der Waals surface area contributed by atoms with Crippen LogP contribution >= 0.6 is 27.3 Å². The van der Waals surface area contributed by atoms with Crippen LogP contribution < -0.4 is 5.73 Å². The molecule has 0 aliphatic rings. The summed E-state index contributed by atoms with van der Waals surface area (Å²) in [6, 6.07) is 1.75. The lowest BCUT2D eigenvalue weighted by atomic mass is 10.2. The fourth-order valence-corrected chi connectivity index (χ4v) is 2.58. The van der Waals surface area contributed by atoms with Crippen molar-refractivity contribution in [2.45, 2.75) is 13.8 Å². The molecule has 94 valence electrons. The van der Waals surface area contributed by atoms with E-state index in [-0.39, 0.29) is 12.5 Å². The topological polar surface area (TPSA) is 63.4 Å². The zero-order chi connectivity index (χ0) is 13.0. The zero-order valence-electron chi connectivity index (χ0n) is 9.77. The van der Waals surface area contributed by atoms with Crippen molar-refractivity contribution < 1.29 is 9.59 Å². The average Bonchev–Trinajstić information content (AvgIpc) is 2.61. The van der Waals surface area contributed by atoms with E-state index in [4.69, 9.17) is 5.73 Å². The minimum atomic E-state index is -0.492. The Labute approximate surface area is 113 Å². The molecule has 6 heteroatoms. The molecule has 0 aliphatic carbocycles. The lowest BCUT2D eigenvalue weighted by Gasteiger charge is -2.22. The molecule has 1 rings (SSSR count). The van der Waals surface area contributed by atoms with Gasteiger partial charge in [-0.1, -0.05) is 13.8 Å². The molecule has 1 aromatic rings. The van der Waals surface area contributed by atoms with Crippen LogP contribution in [-0.4, -0.2) is 29.8 Å². The number of rotatable bonds is 5. The van der Waals surface area contributed by atoms with Crippen molar-refractivity contribution in [3.63, 3.8) is 0 Å². The molecule has 0 aliphatic heterocycles. The maximum atomic E-state index is 12.1. The van der Waals surface area contributed by atoms with Crippen molar-refractivity contribution in [1.82, 2.24) is 4.90 Å². The third-order valence-electron chi connectivity index (χ3n) is 2.03. The Morgan fingerprint density at radius 3 is 2.59 bits per heavy atom. The second-order valence-electron chi connectivity index (χ2n) is 4.19. The van der Waals surface area contributed by atoms with Crippen LogP contribution in [0, 0.1) is 5.92 Å². The molecule has 0 radical (unpaired) electrons. The van der Waals surface area contributed by atoms with E-state index in [1.165, 1.54) is 16.2 Å². The first-order valence-corrected chi connectivity index (χ1v) is 6.89. The largest absolute Gasteiger partial charge is 0.368 e. The Hall–Kier alpha value is -0.880. The van der Waals surface area contributed by atoms with Crippen molar-refractivity contribution in [2.75, 3.05) is 13.1 Å². The summed E-state index contributed by atoms with van der Waals surface area (Å²) in [6.45, 7) is 4.47. The maximum absolute atomic E-state index is 12.1. The molecule has 17 heavy (non-hydrogen) atoms. The van der Waals surface area contributed by atoms with Gasteiger partial charge in [-0.05, 0) is 27.9 Å². The number of nitrogens with zero attached hydrogens (tertiary/aromatic N) is 1. The van der Waals surface area contributed by atoms with E-state index >= 15 is 0 Å². The molecule has 0 bridgehead atoms. The predicted molar refractivity (Wildman–Crippen MR) is 72.0 cm³/mol. The molecule has 0 spiro atoms. The van der Waals surface area contributed by atoms with Crippen LogP contribution in [0.3, 0.4) is 0 Å². The molecule has 0 saturated carbocycles. The number of primary amides is 1. The Kier molecular flexibility index (Phi) is 5.14. The molecule has 0 unspecified atom stereocenters. The maximum Gasteiger partial charge on any atom is 0.255 e. The number of nitrogens with two attached hydrogens (primary N) is 1. The fraction of sp³-hybridized carbons (Fsp3) is 0.455. The summed E-state index contributed by atoms with van der Waals surface area (Å²) >= 11 is 4.75. The Morgan fingerprint density at radius 1 is 1.53 bits per heavy atom. The Balaban J connectivity index is 2.82. The number of amides is 2. The van der Waals surface area contributed by atoms with E-state index in [1.807, 2.05) is 13.8 Å². The van der Waals surface area contributed by atoms with Crippen molar-refractivity contribution in [3.05, 3.63) is 20.8 Å². The fourth-order valence-electron chi connectivity index (χ4n) is 1.45. The van der Waals surface area contributed by atoms with Gasteiger partial charge in [0.1, 0.15) is 0 Å². The van der Waals surface area contributed by atoms with Gasteiger partial charge in [0.25, 0.3) is 5.91 Å². The first-order valence-electron chi connectivity index (χ1n) is 5.21. The minimum Gasteiger partial charge on any atom is -0.368 e. The minimum absolute atomic E-state index is 0.0372. The molecule has 0 fully saturated rings. The van der Waals surface area contributed by atoms with E-state index in [0.717, 1.165) is 3.79 Å².